The Hall–Kier alpha value is -0.260. The van der Waals surface area contributed by atoms with Gasteiger partial charge >= 0.3 is 0 Å². The summed E-state index contributed by atoms with van der Waals surface area (Å²) in [5, 5.41) is 0. The van der Waals surface area contributed by atoms with Crippen LogP contribution in [0.5, 0.6) is 0 Å². The lowest BCUT2D eigenvalue weighted by Gasteiger charge is -1.31. The van der Waals surface area contributed by atoms with Gasteiger partial charge in [-0.1, -0.05) is 0 Å². The number of hydrogen-bond donors (Lipinski definition) is 0. The van der Waals surface area contributed by atoms with Gasteiger partial charge in [0.2, 0.25) is 0 Å². The first kappa shape index (κ1) is 9.22. The predicted molar refractivity (Wildman–Crippen MR) is 28.4 cm³/mol. The van der Waals surface area contributed by atoms with Gasteiger partial charge in [0.15, 0.2) is 0 Å². The minimum absolute atomic E-state index is 0. The number of rotatable bonds is 0. The van der Waals surface area contributed by atoms with Crippen molar-refractivity contribution in [2.45, 2.75) is 13.8 Å². The van der Waals surface area contributed by atoms with Crippen molar-refractivity contribution in [3.8, 4) is 0 Å². The highest BCUT2D eigenvalue weighted by atomic mass is 35.5. The lowest BCUT2D eigenvalue weighted by molar-refractivity contribution is -0.00000130. The average Bonchev–Trinajstić information content (AvgIpc) is 1.41. The smallest absolute Gasteiger partial charge is 0.111 e. The highest BCUT2D eigenvalue weighted by molar-refractivity contribution is 5.62. The molecular weight excluding hydrogens is 97.5 g/mol. The van der Waals surface area contributed by atoms with Crippen LogP contribution in [0.25, 0.3) is 0 Å². The monoisotopic (exact) mass is 107 g/mol. The molecule has 6 heavy (non-hydrogen) atoms. The molecule has 0 radical (unpaired) electrons. The lowest BCUT2D eigenvalue weighted by Crippen LogP contribution is -1.67. The highest BCUT2D eigenvalue weighted by Gasteiger charge is 1.54. The molecule has 1 nitrogen and oxygen atoms in total. The molecule has 0 aromatic carbocycles. The van der Waals surface area contributed by atoms with Crippen molar-refractivity contribution in [1.29, 1.82) is 0 Å². The molecule has 0 bridgehead atoms. The van der Waals surface area contributed by atoms with E-state index in [1.165, 1.54) is 0 Å². The van der Waals surface area contributed by atoms with Crippen molar-refractivity contribution >= 4 is 12.4 Å². The van der Waals surface area contributed by atoms with E-state index in [0.717, 1.165) is 0 Å². The topological polar surface area (TPSA) is 14.1 Å². The van der Waals surface area contributed by atoms with Crippen LogP contribution in [-0.2, 0) is 0 Å². The normalized spacial score (nSPS) is 4.33. The second kappa shape index (κ2) is 8.83. The zero-order chi connectivity index (χ0) is 4.12. The molecule has 0 rings (SSSR count). The van der Waals surface area contributed by atoms with E-state index in [-0.39, 0.29) is 12.4 Å². The summed E-state index contributed by atoms with van der Waals surface area (Å²) in [7, 11) is 0. The molecule has 0 aliphatic carbocycles. The molecule has 0 aromatic rings. The highest BCUT2D eigenvalue weighted by Crippen LogP contribution is 1.23. The first-order chi connectivity index (χ1) is 2.41. The van der Waals surface area contributed by atoms with Gasteiger partial charge in [-0.05, 0) is 0 Å². The van der Waals surface area contributed by atoms with E-state index >= 15 is 0 Å². The van der Waals surface area contributed by atoms with Gasteiger partial charge in [-0.2, -0.15) is 0 Å². The molecule has 0 aliphatic heterocycles. The van der Waals surface area contributed by atoms with Crippen molar-refractivity contribution in [1.82, 2.24) is 4.67 Å². The average molecular weight is 108 g/mol. The van der Waals surface area contributed by atoms with Gasteiger partial charge in [-0.15, -0.1) is 4.67 Å². The van der Waals surface area contributed by atoms with Gasteiger partial charge in [0.05, 0.1) is 12.4 Å². The summed E-state index contributed by atoms with van der Waals surface area (Å²) in [5.74, 6) is 0. The number of halogens is 1. The predicted octanol–water partition coefficient (Wildman–Crippen LogP) is -0.300. The largest absolute Gasteiger partial charge is 0.265 e. The summed E-state index contributed by atoms with van der Waals surface area (Å²) in [6.07, 6.45) is 3.50. The van der Waals surface area contributed by atoms with Crippen molar-refractivity contribution in [2.24, 2.45) is 0 Å². The Morgan fingerprint density at radius 2 is 1.50 bits per heavy atom. The Balaban J connectivity index is 0. The molecule has 36 valence electrons. The molecule has 0 atom stereocenters. The van der Waals surface area contributed by atoms with Gasteiger partial charge in [0.1, 0.15) is 0 Å². The van der Waals surface area contributed by atoms with Crippen molar-refractivity contribution in [2.75, 3.05) is 0 Å². The molecule has 0 amide bonds. The molecule has 0 spiro atoms. The maximum Gasteiger partial charge on any atom is 0.265 e. The molecule has 0 aliphatic rings. The van der Waals surface area contributed by atoms with Gasteiger partial charge in [-0.25, -0.2) is 0 Å². The van der Waals surface area contributed by atoms with Gasteiger partial charge < -0.3 is 0 Å². The molecular formula is C4H10ClN+2. The van der Waals surface area contributed by atoms with Crippen molar-refractivity contribution in [3.05, 3.63) is 0 Å². The van der Waals surface area contributed by atoms with E-state index in [0.29, 0.717) is 0 Å². The summed E-state index contributed by atoms with van der Waals surface area (Å²) >= 11 is 0. The summed E-state index contributed by atoms with van der Waals surface area (Å²) in [6.45, 7) is 3.78. The van der Waals surface area contributed by atoms with Crippen LogP contribution in [0.15, 0.2) is 0 Å². The third kappa shape index (κ3) is 9.27. The van der Waals surface area contributed by atoms with Crippen LogP contribution in [0.2, 0.25) is 0 Å². The Morgan fingerprint density at radius 1 is 1.17 bits per heavy atom. The Morgan fingerprint density at radius 3 is 1.50 bits per heavy atom. The van der Waals surface area contributed by atoms with Crippen LogP contribution in [0.3, 0.4) is 0 Å². The van der Waals surface area contributed by atoms with Crippen LogP contribution in [-0.4, -0.2) is 12.4 Å². The fraction of sp³-hybridized carbons (Fsp3) is 0.500. The van der Waals surface area contributed by atoms with Crippen molar-refractivity contribution in [3.63, 3.8) is 0 Å². The van der Waals surface area contributed by atoms with E-state index in [4.69, 9.17) is 0 Å². The molecule has 0 N–H and O–H groups in total. The maximum atomic E-state index is 3.72. The second-order valence-electron chi connectivity index (χ2n) is 0.665. The summed E-state index contributed by atoms with van der Waals surface area (Å²) in [6, 6.07) is 0. The summed E-state index contributed by atoms with van der Waals surface area (Å²) in [4.78, 5) is 0. The molecule has 0 fully saturated rings. The van der Waals surface area contributed by atoms with Crippen molar-refractivity contribution < 1.29 is 12.4 Å². The Kier molecular flexibility index (Phi) is 13.6. The molecule has 0 heterocycles. The number of nitrogens with zero attached hydrogens (tertiary/aromatic N) is 1. The standard InChI is InChI=1S/C4H8N.ClH2/c1-3-5-4-2;/h3-4H,1-2H3;1H2/q2*+1. The second-order valence-corrected chi connectivity index (χ2v) is 0.665. The molecule has 0 unspecified atom stereocenters. The van der Waals surface area contributed by atoms with E-state index in [9.17, 15) is 0 Å². The van der Waals surface area contributed by atoms with Crippen LogP contribution >= 0.6 is 0 Å². The van der Waals surface area contributed by atoms with Crippen LogP contribution in [0.1, 0.15) is 13.8 Å². The van der Waals surface area contributed by atoms with Crippen LogP contribution in [0.4, 0.5) is 0 Å². The van der Waals surface area contributed by atoms with E-state index in [1.54, 1.807) is 12.4 Å². The van der Waals surface area contributed by atoms with Gasteiger partial charge in [0.25, 0.3) is 12.4 Å². The Labute approximate surface area is 44.2 Å². The summed E-state index contributed by atoms with van der Waals surface area (Å²) in [5.41, 5.74) is 0. The first-order valence-electron chi connectivity index (χ1n) is 1.67. The minimum atomic E-state index is 0. The van der Waals surface area contributed by atoms with E-state index in [1.807, 2.05) is 13.8 Å². The summed E-state index contributed by atoms with van der Waals surface area (Å²) < 4.78 is 3.72. The van der Waals surface area contributed by atoms with E-state index < -0.39 is 0 Å². The molecule has 0 saturated carbocycles. The third-order valence-corrected chi connectivity index (χ3v) is 0.298. The fourth-order valence-corrected chi connectivity index (χ4v) is 0.149. The van der Waals surface area contributed by atoms with Gasteiger partial charge in [0, 0.05) is 13.8 Å². The molecule has 2 heteroatoms. The molecule has 0 saturated heterocycles. The fourth-order valence-electron chi connectivity index (χ4n) is 0.149. The molecule has 0 aromatic heterocycles. The number of hydrogen-bond acceptors (Lipinski definition) is 0. The van der Waals surface area contributed by atoms with E-state index in [2.05, 4.69) is 4.67 Å². The minimum Gasteiger partial charge on any atom is -0.111 e. The SMILES string of the molecule is CC=[N+]=CC.[ClH2+]. The van der Waals surface area contributed by atoms with Gasteiger partial charge in [-0.3, -0.25) is 0 Å². The Bertz CT molecular complexity index is 55.9. The third-order valence-electron chi connectivity index (χ3n) is 0.298. The lowest BCUT2D eigenvalue weighted by atomic mass is 10.8. The maximum absolute atomic E-state index is 3.72. The first-order valence-corrected chi connectivity index (χ1v) is 1.67. The van der Waals surface area contributed by atoms with Crippen LogP contribution in [0, 0.1) is 12.4 Å². The quantitative estimate of drug-likeness (QED) is 0.298. The zero-order valence-electron chi connectivity index (χ0n) is 4.05. The van der Waals surface area contributed by atoms with Crippen LogP contribution < -0.4 is 4.67 Å². The zero-order valence-corrected chi connectivity index (χ0v) is 4.94.